The Morgan fingerprint density at radius 1 is 1.03 bits per heavy atom. The number of primary amides is 1. The second-order valence-electron chi connectivity index (χ2n) is 12.6. The van der Waals surface area contributed by atoms with E-state index in [0.29, 0.717) is 13.0 Å². The number of amides is 5. The summed E-state index contributed by atoms with van der Waals surface area (Å²) in [7, 11) is 0. The fourth-order valence-corrected chi connectivity index (χ4v) is 5.12. The number of fused-ring (bicyclic) bond motifs is 1. The average molecular weight is 494 g/mol. The maximum atomic E-state index is 13.8. The second kappa shape index (κ2) is 9.78. The van der Waals surface area contributed by atoms with Gasteiger partial charge in [-0.25, -0.2) is 4.79 Å². The Balaban J connectivity index is 2.31. The Hall–Kier alpha value is -2.65. The SMILES string of the molecule is CCCC(NC(=O)[C@@H]1C2[C@H](CN1C(=O)[C@@H](NC(=O)NC(C)(C)C)C(C)(C)C)C2(C)C)C(=O)C(N)=O. The van der Waals surface area contributed by atoms with Crippen molar-refractivity contribution >= 4 is 29.5 Å². The maximum absolute atomic E-state index is 13.8. The zero-order valence-electron chi connectivity index (χ0n) is 22.6. The van der Waals surface area contributed by atoms with Crippen molar-refractivity contribution in [1.82, 2.24) is 20.9 Å². The van der Waals surface area contributed by atoms with Crippen LogP contribution in [0, 0.1) is 22.7 Å². The number of nitrogens with one attached hydrogen (secondary N) is 3. The van der Waals surface area contributed by atoms with Crippen LogP contribution in [0.4, 0.5) is 4.79 Å². The van der Waals surface area contributed by atoms with Gasteiger partial charge in [0.15, 0.2) is 0 Å². The molecule has 0 bridgehead atoms. The van der Waals surface area contributed by atoms with Crippen molar-refractivity contribution in [3.05, 3.63) is 0 Å². The first-order valence-electron chi connectivity index (χ1n) is 12.4. The highest BCUT2D eigenvalue weighted by atomic mass is 16.2. The summed E-state index contributed by atoms with van der Waals surface area (Å²) >= 11 is 0. The van der Waals surface area contributed by atoms with E-state index in [1.165, 1.54) is 4.90 Å². The lowest BCUT2D eigenvalue weighted by Gasteiger charge is -2.38. The second-order valence-corrected chi connectivity index (χ2v) is 12.6. The zero-order chi connectivity index (χ0) is 27.1. The molecule has 0 aromatic heterocycles. The largest absolute Gasteiger partial charge is 0.363 e. The number of hydrogen-bond donors (Lipinski definition) is 4. The third-order valence-corrected chi connectivity index (χ3v) is 7.09. The molecule has 1 saturated carbocycles. The number of hydrogen-bond acceptors (Lipinski definition) is 5. The van der Waals surface area contributed by atoms with Crippen LogP contribution in [0.25, 0.3) is 0 Å². The number of carbonyl (C=O) groups excluding carboxylic acids is 5. The molecular weight excluding hydrogens is 450 g/mol. The minimum Gasteiger partial charge on any atom is -0.363 e. The van der Waals surface area contributed by atoms with Gasteiger partial charge < -0.3 is 26.6 Å². The molecule has 2 unspecified atom stereocenters. The van der Waals surface area contributed by atoms with Gasteiger partial charge in [0.25, 0.3) is 5.91 Å². The van der Waals surface area contributed by atoms with E-state index in [0.717, 1.165) is 0 Å². The number of rotatable bonds is 8. The van der Waals surface area contributed by atoms with Crippen LogP contribution in [0.1, 0.15) is 75.2 Å². The van der Waals surface area contributed by atoms with Gasteiger partial charge >= 0.3 is 6.03 Å². The van der Waals surface area contributed by atoms with Gasteiger partial charge in [0, 0.05) is 12.1 Å². The van der Waals surface area contributed by atoms with Crippen LogP contribution in [-0.4, -0.2) is 64.6 Å². The number of Topliss-reactive ketones (excluding diaryl/α,β-unsaturated/α-hetero) is 1. The predicted molar refractivity (Wildman–Crippen MR) is 132 cm³/mol. The van der Waals surface area contributed by atoms with E-state index >= 15 is 0 Å². The van der Waals surface area contributed by atoms with Crippen molar-refractivity contribution in [2.24, 2.45) is 28.4 Å². The third-order valence-electron chi connectivity index (χ3n) is 7.09. The summed E-state index contributed by atoms with van der Waals surface area (Å²) in [5.41, 5.74) is 3.93. The smallest absolute Gasteiger partial charge is 0.315 e. The van der Waals surface area contributed by atoms with E-state index in [1.807, 2.05) is 48.5 Å². The minimum absolute atomic E-state index is 0.0820. The fraction of sp³-hybridized carbons (Fsp3) is 0.800. The number of nitrogens with zero attached hydrogens (tertiary/aromatic N) is 1. The highest BCUT2D eigenvalue weighted by molar-refractivity contribution is 6.37. The monoisotopic (exact) mass is 493 g/mol. The molecule has 10 heteroatoms. The van der Waals surface area contributed by atoms with Crippen molar-refractivity contribution in [2.45, 2.75) is 98.8 Å². The van der Waals surface area contributed by atoms with Crippen molar-refractivity contribution in [2.75, 3.05) is 6.54 Å². The highest BCUT2D eigenvalue weighted by Gasteiger charge is 2.69. The quantitative estimate of drug-likeness (QED) is 0.376. The van der Waals surface area contributed by atoms with Crippen LogP contribution >= 0.6 is 0 Å². The van der Waals surface area contributed by atoms with Gasteiger partial charge in [0.05, 0.1) is 6.04 Å². The van der Waals surface area contributed by atoms with Gasteiger partial charge in [-0.15, -0.1) is 0 Å². The van der Waals surface area contributed by atoms with Crippen LogP contribution in [-0.2, 0) is 19.2 Å². The summed E-state index contributed by atoms with van der Waals surface area (Å²) in [4.78, 5) is 65.2. The number of nitrogens with two attached hydrogens (primary N) is 1. The van der Waals surface area contributed by atoms with Crippen molar-refractivity contribution < 1.29 is 24.0 Å². The lowest BCUT2D eigenvalue weighted by molar-refractivity contribution is -0.145. The summed E-state index contributed by atoms with van der Waals surface area (Å²) in [6.45, 7) is 17.4. The average Bonchev–Trinajstić information content (AvgIpc) is 3.03. The molecule has 5 amide bonds. The van der Waals surface area contributed by atoms with E-state index in [-0.39, 0.29) is 29.6 Å². The molecule has 2 fully saturated rings. The highest BCUT2D eigenvalue weighted by Crippen LogP contribution is 2.65. The van der Waals surface area contributed by atoms with E-state index in [4.69, 9.17) is 5.73 Å². The van der Waals surface area contributed by atoms with Gasteiger partial charge in [-0.05, 0) is 49.9 Å². The van der Waals surface area contributed by atoms with Crippen molar-refractivity contribution in [3.63, 3.8) is 0 Å². The summed E-state index contributed by atoms with van der Waals surface area (Å²) in [6, 6.07) is -3.18. The molecule has 35 heavy (non-hydrogen) atoms. The van der Waals surface area contributed by atoms with Gasteiger partial charge in [0.2, 0.25) is 17.6 Å². The molecular formula is C25H43N5O5. The minimum atomic E-state index is -1.10. The first kappa shape index (κ1) is 28.6. The van der Waals surface area contributed by atoms with E-state index in [9.17, 15) is 24.0 Å². The number of likely N-dealkylation sites (tertiary alicyclic amines) is 1. The fourth-order valence-electron chi connectivity index (χ4n) is 5.12. The molecule has 1 saturated heterocycles. The Morgan fingerprint density at radius 3 is 2.06 bits per heavy atom. The normalized spacial score (nSPS) is 24.6. The van der Waals surface area contributed by atoms with Crippen LogP contribution in [0.2, 0.25) is 0 Å². The molecule has 1 heterocycles. The number of carbonyl (C=O) groups is 5. The Kier molecular flexibility index (Phi) is 7.98. The molecule has 2 rings (SSSR count). The lowest BCUT2D eigenvalue weighted by Crippen LogP contribution is -2.62. The zero-order valence-corrected chi connectivity index (χ0v) is 22.6. The van der Waals surface area contributed by atoms with Crippen LogP contribution in [0.3, 0.4) is 0 Å². The number of ketones is 1. The lowest BCUT2D eigenvalue weighted by atomic mass is 9.85. The summed E-state index contributed by atoms with van der Waals surface area (Å²) in [5, 5.41) is 8.31. The standard InChI is InChI=1S/C25H43N5O5/c1-10-11-14(17(31)19(26)32)27-20(33)16-15-13(25(15,8)9)12-30(16)21(34)18(23(2,3)4)28-22(35)29-24(5,6)7/h13-16,18H,10-12H2,1-9H3,(H2,26,32)(H,27,33)(H2,28,29,35)/t13-,14?,15?,16-,18+/m0/s1. The van der Waals surface area contributed by atoms with Crippen molar-refractivity contribution in [3.8, 4) is 0 Å². The van der Waals surface area contributed by atoms with Crippen LogP contribution in [0.15, 0.2) is 0 Å². The van der Waals surface area contributed by atoms with Crippen LogP contribution in [0.5, 0.6) is 0 Å². The topological polar surface area (TPSA) is 151 Å². The Labute approximate surface area is 208 Å². The molecule has 0 radical (unpaired) electrons. The first-order chi connectivity index (χ1) is 15.8. The van der Waals surface area contributed by atoms with Gasteiger partial charge in [-0.3, -0.25) is 19.2 Å². The van der Waals surface area contributed by atoms with Crippen LogP contribution < -0.4 is 21.7 Å². The predicted octanol–water partition coefficient (Wildman–Crippen LogP) is 1.32. The molecule has 2 aliphatic rings. The van der Waals surface area contributed by atoms with E-state index < -0.39 is 52.7 Å². The molecule has 198 valence electrons. The number of urea groups is 1. The summed E-state index contributed by atoms with van der Waals surface area (Å²) < 4.78 is 0. The number of piperidine rings is 1. The third kappa shape index (κ3) is 6.32. The molecule has 5 atom stereocenters. The van der Waals surface area contributed by atoms with Gasteiger partial charge in [-0.2, -0.15) is 0 Å². The maximum Gasteiger partial charge on any atom is 0.315 e. The first-order valence-corrected chi connectivity index (χ1v) is 12.4. The van der Waals surface area contributed by atoms with Gasteiger partial charge in [0.1, 0.15) is 12.1 Å². The molecule has 0 spiro atoms. The molecule has 1 aliphatic heterocycles. The summed E-state index contributed by atoms with van der Waals surface area (Å²) in [5.74, 6) is -2.73. The molecule has 5 N–H and O–H groups in total. The van der Waals surface area contributed by atoms with Gasteiger partial charge in [-0.1, -0.05) is 48.0 Å². The molecule has 0 aromatic rings. The van der Waals surface area contributed by atoms with Crippen molar-refractivity contribution in [1.29, 1.82) is 0 Å². The molecule has 0 aromatic carbocycles. The molecule has 1 aliphatic carbocycles. The molecule has 10 nitrogen and oxygen atoms in total. The van der Waals surface area contributed by atoms with E-state index in [1.54, 1.807) is 0 Å². The van der Waals surface area contributed by atoms with E-state index in [2.05, 4.69) is 29.8 Å². The Morgan fingerprint density at radius 2 is 1.60 bits per heavy atom. The summed E-state index contributed by atoms with van der Waals surface area (Å²) in [6.07, 6.45) is 0.832. The Bertz CT molecular complexity index is 886.